The van der Waals surface area contributed by atoms with Gasteiger partial charge >= 0.3 is 5.69 Å². The average Bonchev–Trinajstić information content (AvgIpc) is 3.63. The molecule has 2 saturated heterocycles. The van der Waals surface area contributed by atoms with Crippen molar-refractivity contribution in [1.82, 2.24) is 19.4 Å². The molecule has 1 amide bonds. The minimum atomic E-state index is -1.06. The van der Waals surface area contributed by atoms with Crippen LogP contribution in [0, 0.1) is 23.4 Å². The molecule has 4 heterocycles. The van der Waals surface area contributed by atoms with Crippen molar-refractivity contribution >= 4 is 46.0 Å². The van der Waals surface area contributed by atoms with Crippen LogP contribution in [0.4, 0.5) is 19.0 Å². The van der Waals surface area contributed by atoms with Gasteiger partial charge in [-0.1, -0.05) is 18.2 Å². The third-order valence-electron chi connectivity index (χ3n) is 10.0. The molecule has 45 heavy (non-hydrogen) atoms. The quantitative estimate of drug-likeness (QED) is 0.279. The van der Waals surface area contributed by atoms with Gasteiger partial charge in [0.25, 0.3) is 0 Å². The van der Waals surface area contributed by atoms with Gasteiger partial charge in [0.05, 0.1) is 16.1 Å². The second-order valence-electron chi connectivity index (χ2n) is 12.8. The fraction of sp³-hybridized carbons (Fsp3) is 0.485. The number of likely N-dealkylation sites (tertiary alicyclic amines) is 1. The number of benzene rings is 2. The summed E-state index contributed by atoms with van der Waals surface area (Å²) in [7, 11) is 0. The number of piperazine rings is 1. The lowest BCUT2D eigenvalue weighted by atomic mass is 10.00. The normalized spacial score (nSPS) is 24.6. The molecule has 0 spiro atoms. The number of piperidine rings is 1. The summed E-state index contributed by atoms with van der Waals surface area (Å²) in [5.74, 6) is -1.58. The molecule has 4 aliphatic rings. The van der Waals surface area contributed by atoms with E-state index in [4.69, 9.17) is 11.6 Å². The summed E-state index contributed by atoms with van der Waals surface area (Å²) < 4.78 is 46.0. The lowest BCUT2D eigenvalue weighted by Gasteiger charge is -2.41. The highest BCUT2D eigenvalue weighted by Crippen LogP contribution is 2.49. The van der Waals surface area contributed by atoms with E-state index in [1.807, 2.05) is 11.8 Å². The smallest absolute Gasteiger partial charge is 0.350 e. The zero-order valence-electron chi connectivity index (χ0n) is 25.1. The van der Waals surface area contributed by atoms with Gasteiger partial charge in [-0.2, -0.15) is 4.98 Å². The second kappa shape index (κ2) is 12.0. The number of fused-ring (bicyclic) bond motifs is 2. The molecular weight excluding hydrogens is 623 g/mol. The third kappa shape index (κ3) is 5.34. The van der Waals surface area contributed by atoms with E-state index in [0.717, 1.165) is 31.8 Å². The maximum Gasteiger partial charge on any atom is 0.350 e. The molecule has 3 fully saturated rings. The molecule has 2 bridgehead atoms. The number of nitrogens with zero attached hydrogens (tertiary/aromatic N) is 5. The molecule has 4 atom stereocenters. The number of anilines is 1. The Bertz CT molecular complexity index is 1750. The van der Waals surface area contributed by atoms with Crippen LogP contribution < -0.4 is 10.6 Å². The summed E-state index contributed by atoms with van der Waals surface area (Å²) in [5, 5.41) is 0.684. The number of carbonyl (C=O) groups excluding carboxylic acids is 1. The highest BCUT2D eigenvalue weighted by atomic mass is 35.5. The van der Waals surface area contributed by atoms with Gasteiger partial charge in [-0.3, -0.25) is 9.36 Å². The van der Waals surface area contributed by atoms with Crippen LogP contribution in [0.25, 0.3) is 22.0 Å². The van der Waals surface area contributed by atoms with E-state index in [1.165, 1.54) is 37.1 Å². The Labute approximate surface area is 269 Å². The molecule has 3 aliphatic heterocycles. The highest BCUT2D eigenvalue weighted by Gasteiger charge is 2.38. The largest absolute Gasteiger partial charge is 0.350 e. The number of hydrogen-bond acceptors (Lipinski definition) is 6. The van der Waals surface area contributed by atoms with E-state index in [0.29, 0.717) is 65.2 Å². The number of rotatable bonds is 7. The van der Waals surface area contributed by atoms with Crippen LogP contribution in [0.15, 0.2) is 40.5 Å². The van der Waals surface area contributed by atoms with E-state index >= 15 is 8.78 Å². The van der Waals surface area contributed by atoms with E-state index < -0.39 is 28.7 Å². The summed E-state index contributed by atoms with van der Waals surface area (Å²) in [4.78, 5) is 37.6. The third-order valence-corrected chi connectivity index (χ3v) is 11.6. The monoisotopic (exact) mass is 657 g/mol. The number of carbonyl (C=O) groups is 1. The SMILES string of the molecule is C=CC(=O)N1CCN(c2nc(=O)n3c4c(c(-c5c(F)cc(F)cc5F)c(Cl)cc24)SC[C@@H]3CCCN2C[C@@H]3CC[C@@H]2C3)[C@@H](C)C1. The number of thioether (sulfide) groups is 1. The summed E-state index contributed by atoms with van der Waals surface area (Å²) in [6.45, 7) is 8.93. The van der Waals surface area contributed by atoms with Crippen LogP contribution in [0.5, 0.6) is 0 Å². The highest BCUT2D eigenvalue weighted by molar-refractivity contribution is 7.99. The van der Waals surface area contributed by atoms with E-state index in [-0.39, 0.29) is 28.6 Å². The minimum Gasteiger partial charge on any atom is -0.350 e. The number of hydrogen-bond donors (Lipinski definition) is 0. The summed E-state index contributed by atoms with van der Waals surface area (Å²) >= 11 is 8.25. The molecule has 0 radical (unpaired) electrons. The van der Waals surface area contributed by atoms with Crippen molar-refractivity contribution in [3.05, 3.63) is 63.8 Å². The molecule has 1 saturated carbocycles. The Hall–Kier alpha value is -3.02. The average molecular weight is 658 g/mol. The van der Waals surface area contributed by atoms with E-state index in [1.54, 1.807) is 15.5 Å². The first-order valence-electron chi connectivity index (χ1n) is 15.6. The van der Waals surface area contributed by atoms with Gasteiger partial charge in [0.2, 0.25) is 5.91 Å². The zero-order valence-corrected chi connectivity index (χ0v) is 26.6. The molecule has 2 aromatic carbocycles. The van der Waals surface area contributed by atoms with Crippen molar-refractivity contribution < 1.29 is 18.0 Å². The van der Waals surface area contributed by atoms with Gasteiger partial charge in [-0.15, -0.1) is 11.8 Å². The van der Waals surface area contributed by atoms with Crippen molar-refractivity contribution in [2.24, 2.45) is 5.92 Å². The lowest BCUT2D eigenvalue weighted by Crippen LogP contribution is -2.54. The molecule has 7 rings (SSSR count). The lowest BCUT2D eigenvalue weighted by molar-refractivity contribution is -0.126. The summed E-state index contributed by atoms with van der Waals surface area (Å²) in [6, 6.07) is 3.22. The van der Waals surface area contributed by atoms with E-state index in [9.17, 15) is 14.0 Å². The Morgan fingerprint density at radius 3 is 2.58 bits per heavy atom. The van der Waals surface area contributed by atoms with Crippen LogP contribution in [0.1, 0.15) is 45.1 Å². The topological polar surface area (TPSA) is 61.7 Å². The summed E-state index contributed by atoms with van der Waals surface area (Å²) in [5.41, 5.74) is -0.216. The number of halogens is 4. The molecule has 1 aliphatic carbocycles. The Morgan fingerprint density at radius 2 is 1.91 bits per heavy atom. The predicted molar refractivity (Wildman–Crippen MR) is 172 cm³/mol. The van der Waals surface area contributed by atoms with Crippen LogP contribution in [0.2, 0.25) is 5.02 Å². The van der Waals surface area contributed by atoms with Crippen LogP contribution in [0.3, 0.4) is 0 Å². The van der Waals surface area contributed by atoms with E-state index in [2.05, 4.69) is 16.5 Å². The van der Waals surface area contributed by atoms with Crippen molar-refractivity contribution in [3.63, 3.8) is 0 Å². The standard InChI is InChI=1S/C33H35ClF3N5O2S/c1-3-27(43)40-9-10-41(18(2)15-40)32-23-14-24(34)28(29-25(36)12-20(35)13-26(29)37)31-30(23)42(33(44)38-32)22(17-45-31)5-4-8-39-16-19-6-7-21(39)11-19/h3,12-14,18-19,21-22H,1,4-11,15-17H2,2H3/t18-,19+,21+,22-/m0/s1. The van der Waals surface area contributed by atoms with Crippen molar-refractivity contribution in [2.75, 3.05) is 43.4 Å². The van der Waals surface area contributed by atoms with Crippen LogP contribution >= 0.6 is 23.4 Å². The van der Waals surface area contributed by atoms with Crippen molar-refractivity contribution in [1.29, 1.82) is 0 Å². The van der Waals surface area contributed by atoms with Gasteiger partial charge in [-0.25, -0.2) is 18.0 Å². The molecule has 7 nitrogen and oxygen atoms in total. The number of amides is 1. The van der Waals surface area contributed by atoms with Crippen LogP contribution in [-0.2, 0) is 4.79 Å². The molecular formula is C33H35ClF3N5O2S. The second-order valence-corrected chi connectivity index (χ2v) is 14.2. The molecule has 12 heteroatoms. The fourth-order valence-electron chi connectivity index (χ4n) is 7.94. The van der Waals surface area contributed by atoms with Crippen molar-refractivity contribution in [3.8, 4) is 11.1 Å². The Balaban J connectivity index is 1.32. The molecule has 1 aromatic heterocycles. The molecule has 0 unspecified atom stereocenters. The molecule has 3 aromatic rings. The first-order valence-corrected chi connectivity index (χ1v) is 17.0. The predicted octanol–water partition coefficient (Wildman–Crippen LogP) is 6.27. The Morgan fingerprint density at radius 1 is 1.13 bits per heavy atom. The van der Waals surface area contributed by atoms with Crippen LogP contribution in [-0.4, -0.2) is 75.8 Å². The fourth-order valence-corrected chi connectivity index (χ4v) is 9.67. The van der Waals surface area contributed by atoms with Gasteiger partial charge in [0.15, 0.2) is 0 Å². The Kier molecular flexibility index (Phi) is 8.14. The first kappa shape index (κ1) is 30.6. The minimum absolute atomic E-state index is 0.0818. The zero-order chi connectivity index (χ0) is 31.6. The molecule has 238 valence electrons. The number of aromatic nitrogens is 2. The maximum atomic E-state index is 15.2. The summed E-state index contributed by atoms with van der Waals surface area (Å²) in [6.07, 6.45) is 6.82. The van der Waals surface area contributed by atoms with Gasteiger partial charge in [0.1, 0.15) is 23.3 Å². The van der Waals surface area contributed by atoms with Gasteiger partial charge in [-0.05, 0) is 63.6 Å². The van der Waals surface area contributed by atoms with Gasteiger partial charge < -0.3 is 14.7 Å². The van der Waals surface area contributed by atoms with Gasteiger partial charge in [0, 0.05) is 78.0 Å². The van der Waals surface area contributed by atoms with Crippen molar-refractivity contribution in [2.45, 2.75) is 62.0 Å². The molecule has 0 N–H and O–H groups in total. The maximum absolute atomic E-state index is 15.2. The first-order chi connectivity index (χ1) is 21.6.